The van der Waals surface area contributed by atoms with Crippen LogP contribution < -0.4 is 0 Å². The van der Waals surface area contributed by atoms with E-state index in [0.29, 0.717) is 12.8 Å². The number of carboxylic acids is 1. The molecule has 1 fully saturated rings. The fraction of sp³-hybridized carbons (Fsp3) is 0.529. The van der Waals surface area contributed by atoms with Gasteiger partial charge in [-0.05, 0) is 25.3 Å². The van der Waals surface area contributed by atoms with Gasteiger partial charge < -0.3 is 10.0 Å². The monoisotopic (exact) mass is 368 g/mol. The summed E-state index contributed by atoms with van der Waals surface area (Å²) in [4.78, 5) is 25.3. The lowest BCUT2D eigenvalue weighted by atomic mass is 9.72. The molecule has 1 aromatic rings. The molecule has 7 nitrogen and oxygen atoms in total. The van der Waals surface area contributed by atoms with E-state index in [2.05, 4.69) is 0 Å². The molecule has 1 amide bonds. The number of rotatable bonds is 6. The van der Waals surface area contributed by atoms with Crippen LogP contribution in [0.25, 0.3) is 0 Å². The average molecular weight is 368 g/mol. The normalized spacial score (nSPS) is 17.8. The predicted molar refractivity (Wildman–Crippen MR) is 93.7 cm³/mol. The van der Waals surface area contributed by atoms with E-state index in [9.17, 15) is 18.0 Å². The van der Waals surface area contributed by atoms with Crippen molar-refractivity contribution in [3.8, 4) is 0 Å². The highest BCUT2D eigenvalue weighted by Crippen LogP contribution is 2.38. The number of carboxylic acid groups (broad SMARTS) is 1. The Morgan fingerprint density at radius 1 is 1.20 bits per heavy atom. The second-order valence-electron chi connectivity index (χ2n) is 6.30. The molecule has 0 bridgehead atoms. The largest absolute Gasteiger partial charge is 0.480 e. The second-order valence-corrected chi connectivity index (χ2v) is 8.56. The first-order chi connectivity index (χ1) is 11.7. The number of aliphatic carboxylic acids is 1. The van der Waals surface area contributed by atoms with Crippen LogP contribution in [0.3, 0.4) is 0 Å². The standard InChI is InChI=1S/C17H24N2O5S/c1-3-25(23,24)19-11-9-17(10-12-19,14-7-5-4-6-8-14)16(22)18(2)13-15(20)21/h4-8H,3,9-13H2,1-2H3,(H,20,21). The van der Waals surface area contributed by atoms with Gasteiger partial charge >= 0.3 is 5.97 Å². The van der Waals surface area contributed by atoms with Gasteiger partial charge in [0.2, 0.25) is 15.9 Å². The van der Waals surface area contributed by atoms with Crippen LogP contribution in [0.4, 0.5) is 0 Å². The van der Waals surface area contributed by atoms with Crippen molar-refractivity contribution < 1.29 is 23.1 Å². The third-order valence-electron chi connectivity index (χ3n) is 4.79. The van der Waals surface area contributed by atoms with Gasteiger partial charge in [0.15, 0.2) is 0 Å². The maximum atomic E-state index is 13.1. The van der Waals surface area contributed by atoms with Crippen molar-refractivity contribution in [3.63, 3.8) is 0 Å². The van der Waals surface area contributed by atoms with Crippen LogP contribution in [0.15, 0.2) is 30.3 Å². The number of likely N-dealkylation sites (N-methyl/N-ethyl adjacent to an activating group) is 1. The molecule has 1 N–H and O–H groups in total. The van der Waals surface area contributed by atoms with E-state index >= 15 is 0 Å². The van der Waals surface area contributed by atoms with Gasteiger partial charge in [0.25, 0.3) is 0 Å². The number of amides is 1. The van der Waals surface area contributed by atoms with Crippen molar-refractivity contribution >= 4 is 21.9 Å². The molecule has 0 unspecified atom stereocenters. The molecule has 25 heavy (non-hydrogen) atoms. The Morgan fingerprint density at radius 3 is 2.24 bits per heavy atom. The SMILES string of the molecule is CCS(=O)(=O)N1CCC(C(=O)N(C)CC(=O)O)(c2ccccc2)CC1. The van der Waals surface area contributed by atoms with E-state index < -0.39 is 21.4 Å². The summed E-state index contributed by atoms with van der Waals surface area (Å²) in [5.41, 5.74) is -0.101. The molecule has 1 heterocycles. The lowest BCUT2D eigenvalue weighted by Gasteiger charge is -2.42. The number of piperidine rings is 1. The Kier molecular flexibility index (Phi) is 5.84. The van der Waals surface area contributed by atoms with Crippen molar-refractivity contribution in [2.75, 3.05) is 32.4 Å². The van der Waals surface area contributed by atoms with Gasteiger partial charge in [-0.2, -0.15) is 0 Å². The van der Waals surface area contributed by atoms with Crippen LogP contribution in [0, 0.1) is 0 Å². The molecule has 138 valence electrons. The fourth-order valence-electron chi connectivity index (χ4n) is 3.35. The number of hydrogen-bond acceptors (Lipinski definition) is 4. The highest BCUT2D eigenvalue weighted by atomic mass is 32.2. The van der Waals surface area contributed by atoms with Gasteiger partial charge in [-0.3, -0.25) is 9.59 Å². The number of carbonyl (C=O) groups excluding carboxylic acids is 1. The van der Waals surface area contributed by atoms with Crippen molar-refractivity contribution in [1.82, 2.24) is 9.21 Å². The van der Waals surface area contributed by atoms with Crippen LogP contribution in [-0.2, 0) is 25.0 Å². The Bertz CT molecular complexity index is 725. The van der Waals surface area contributed by atoms with Gasteiger partial charge in [-0.15, -0.1) is 0 Å². The smallest absolute Gasteiger partial charge is 0.323 e. The average Bonchev–Trinajstić information content (AvgIpc) is 2.61. The number of hydrogen-bond donors (Lipinski definition) is 1. The maximum Gasteiger partial charge on any atom is 0.323 e. The summed E-state index contributed by atoms with van der Waals surface area (Å²) in [6.45, 7) is 1.71. The summed E-state index contributed by atoms with van der Waals surface area (Å²) >= 11 is 0. The summed E-state index contributed by atoms with van der Waals surface area (Å²) in [6.07, 6.45) is 0.665. The zero-order valence-electron chi connectivity index (χ0n) is 14.5. The number of nitrogens with zero attached hydrogens (tertiary/aromatic N) is 2. The molecule has 0 radical (unpaired) electrons. The minimum absolute atomic E-state index is 0.0260. The number of carbonyl (C=O) groups is 2. The van der Waals surface area contributed by atoms with Crippen LogP contribution in [0.5, 0.6) is 0 Å². The minimum Gasteiger partial charge on any atom is -0.480 e. The lowest BCUT2D eigenvalue weighted by Crippen LogP contribution is -2.54. The molecule has 0 aromatic heterocycles. The number of benzene rings is 1. The summed E-state index contributed by atoms with van der Waals surface area (Å²) < 4.78 is 25.6. The molecule has 0 atom stereocenters. The van der Waals surface area contributed by atoms with Crippen LogP contribution in [-0.4, -0.2) is 67.0 Å². The summed E-state index contributed by atoms with van der Waals surface area (Å²) in [7, 11) is -1.84. The Morgan fingerprint density at radius 2 is 1.76 bits per heavy atom. The quantitative estimate of drug-likeness (QED) is 0.805. The van der Waals surface area contributed by atoms with E-state index in [1.54, 1.807) is 6.92 Å². The van der Waals surface area contributed by atoms with Gasteiger partial charge in [-0.25, -0.2) is 12.7 Å². The first kappa shape index (κ1) is 19.4. The molecule has 0 spiro atoms. The van der Waals surface area contributed by atoms with E-state index in [4.69, 9.17) is 5.11 Å². The van der Waals surface area contributed by atoms with Crippen LogP contribution in [0.1, 0.15) is 25.3 Å². The first-order valence-electron chi connectivity index (χ1n) is 8.23. The summed E-state index contributed by atoms with van der Waals surface area (Å²) in [5, 5.41) is 8.98. The Balaban J connectivity index is 2.34. The van der Waals surface area contributed by atoms with E-state index in [-0.39, 0.29) is 31.3 Å². The highest BCUT2D eigenvalue weighted by Gasteiger charge is 2.46. The zero-order chi connectivity index (χ0) is 18.7. The Labute approximate surface area is 148 Å². The van der Waals surface area contributed by atoms with Gasteiger partial charge in [-0.1, -0.05) is 30.3 Å². The van der Waals surface area contributed by atoms with Gasteiger partial charge in [0.05, 0.1) is 11.2 Å². The van der Waals surface area contributed by atoms with E-state index in [0.717, 1.165) is 5.56 Å². The van der Waals surface area contributed by atoms with E-state index in [1.165, 1.54) is 16.3 Å². The predicted octanol–water partition coefficient (Wildman–Crippen LogP) is 0.913. The molecule has 1 aliphatic rings. The molecular formula is C17H24N2O5S. The third-order valence-corrected chi connectivity index (χ3v) is 6.67. The molecule has 1 saturated heterocycles. The molecular weight excluding hydrogens is 344 g/mol. The first-order valence-corrected chi connectivity index (χ1v) is 9.84. The van der Waals surface area contributed by atoms with Gasteiger partial charge in [0, 0.05) is 20.1 Å². The Hall–Kier alpha value is -1.93. The highest BCUT2D eigenvalue weighted by molar-refractivity contribution is 7.89. The molecule has 1 aromatic carbocycles. The minimum atomic E-state index is -3.30. The molecule has 0 saturated carbocycles. The molecule has 8 heteroatoms. The third kappa shape index (κ3) is 4.01. The zero-order valence-corrected chi connectivity index (χ0v) is 15.3. The van der Waals surface area contributed by atoms with Crippen molar-refractivity contribution in [1.29, 1.82) is 0 Å². The molecule has 0 aliphatic carbocycles. The molecule has 2 rings (SSSR count). The maximum absolute atomic E-state index is 13.1. The topological polar surface area (TPSA) is 95.0 Å². The van der Waals surface area contributed by atoms with Crippen molar-refractivity contribution in [3.05, 3.63) is 35.9 Å². The van der Waals surface area contributed by atoms with E-state index in [1.807, 2.05) is 30.3 Å². The van der Waals surface area contributed by atoms with Gasteiger partial charge in [0.1, 0.15) is 6.54 Å². The van der Waals surface area contributed by atoms with Crippen LogP contribution in [0.2, 0.25) is 0 Å². The lowest BCUT2D eigenvalue weighted by molar-refractivity contribution is -0.146. The second kappa shape index (κ2) is 7.53. The number of sulfonamides is 1. The van der Waals surface area contributed by atoms with Crippen molar-refractivity contribution in [2.45, 2.75) is 25.2 Å². The summed E-state index contributed by atoms with van der Waals surface area (Å²) in [5.74, 6) is -1.34. The molecule has 1 aliphatic heterocycles. The fourth-order valence-corrected chi connectivity index (χ4v) is 4.46. The van der Waals surface area contributed by atoms with Crippen LogP contribution >= 0.6 is 0 Å². The summed E-state index contributed by atoms with van der Waals surface area (Å²) in [6, 6.07) is 9.19. The van der Waals surface area contributed by atoms with Crippen molar-refractivity contribution in [2.24, 2.45) is 0 Å².